The number of benzene rings is 2. The van der Waals surface area contributed by atoms with E-state index in [2.05, 4.69) is 5.10 Å². The first-order valence-corrected chi connectivity index (χ1v) is 8.48. The van der Waals surface area contributed by atoms with Gasteiger partial charge in [-0.15, -0.1) is 0 Å². The molecule has 136 valence electrons. The third kappa shape index (κ3) is 3.69. The van der Waals surface area contributed by atoms with E-state index in [1.165, 1.54) is 17.1 Å². The number of nitrogens with zero attached hydrogens (tertiary/aromatic N) is 2. The third-order valence-electron chi connectivity index (χ3n) is 4.00. The van der Waals surface area contributed by atoms with Crippen LogP contribution in [-0.4, -0.2) is 36.4 Å². The molecule has 0 fully saturated rings. The van der Waals surface area contributed by atoms with Crippen molar-refractivity contribution in [2.75, 3.05) is 13.7 Å². The van der Waals surface area contributed by atoms with Gasteiger partial charge in [-0.3, -0.25) is 4.79 Å². The van der Waals surface area contributed by atoms with Gasteiger partial charge in [0.15, 0.2) is 11.5 Å². The van der Waals surface area contributed by atoms with Crippen molar-refractivity contribution in [1.29, 1.82) is 0 Å². The number of halogens is 1. The lowest BCUT2D eigenvalue weighted by Gasteiger charge is -2.14. The average molecular weight is 356 g/mol. The molecule has 0 saturated heterocycles. The van der Waals surface area contributed by atoms with Gasteiger partial charge < -0.3 is 9.47 Å². The molecule has 0 aromatic heterocycles. The molecule has 1 aliphatic rings. The Balaban J connectivity index is 1.86. The molecule has 1 heterocycles. The van der Waals surface area contributed by atoms with E-state index in [9.17, 15) is 9.18 Å². The molecule has 1 aliphatic heterocycles. The molecule has 2 aromatic carbocycles. The molecule has 0 bridgehead atoms. The Hall–Kier alpha value is -2.89. The van der Waals surface area contributed by atoms with Gasteiger partial charge >= 0.3 is 0 Å². The van der Waals surface area contributed by atoms with E-state index in [1.807, 2.05) is 32.0 Å². The highest BCUT2D eigenvalue weighted by Crippen LogP contribution is 2.30. The number of amides is 1. The predicted octanol–water partition coefficient (Wildman–Crippen LogP) is 3.87. The molecule has 2 aromatic rings. The molecule has 6 heteroatoms. The zero-order chi connectivity index (χ0) is 18.7. The maximum absolute atomic E-state index is 13.8. The van der Waals surface area contributed by atoms with Gasteiger partial charge in [-0.05, 0) is 44.2 Å². The van der Waals surface area contributed by atoms with E-state index in [4.69, 9.17) is 9.47 Å². The van der Waals surface area contributed by atoms with Crippen LogP contribution in [0.25, 0.3) is 0 Å². The topological polar surface area (TPSA) is 51.1 Å². The van der Waals surface area contributed by atoms with Crippen LogP contribution in [0.5, 0.6) is 11.5 Å². The molecule has 0 unspecified atom stereocenters. The van der Waals surface area contributed by atoms with Gasteiger partial charge in [0.1, 0.15) is 5.82 Å². The minimum absolute atomic E-state index is 0.00352. The Morgan fingerprint density at radius 2 is 1.96 bits per heavy atom. The Morgan fingerprint density at radius 3 is 2.65 bits per heavy atom. The van der Waals surface area contributed by atoms with Crippen molar-refractivity contribution < 1.29 is 18.7 Å². The summed E-state index contributed by atoms with van der Waals surface area (Å²) in [6.07, 6.45) is 0.594. The van der Waals surface area contributed by atoms with E-state index in [0.29, 0.717) is 24.5 Å². The van der Waals surface area contributed by atoms with Crippen LogP contribution in [-0.2, 0) is 0 Å². The summed E-state index contributed by atoms with van der Waals surface area (Å²) in [5, 5.41) is 5.70. The van der Waals surface area contributed by atoms with Gasteiger partial charge in [0.05, 0.1) is 31.0 Å². The number of hydrogen-bond acceptors (Lipinski definition) is 4. The van der Waals surface area contributed by atoms with Gasteiger partial charge in [-0.1, -0.05) is 12.1 Å². The van der Waals surface area contributed by atoms with E-state index in [0.717, 1.165) is 11.3 Å². The van der Waals surface area contributed by atoms with Gasteiger partial charge in [0, 0.05) is 12.0 Å². The summed E-state index contributed by atoms with van der Waals surface area (Å²) in [6, 6.07) is 11.5. The molecule has 5 nitrogen and oxygen atoms in total. The van der Waals surface area contributed by atoms with E-state index in [1.54, 1.807) is 19.2 Å². The predicted molar refractivity (Wildman–Crippen MR) is 97.3 cm³/mol. The van der Waals surface area contributed by atoms with Crippen LogP contribution < -0.4 is 9.47 Å². The summed E-state index contributed by atoms with van der Waals surface area (Å²) in [5.41, 5.74) is 1.63. The molecule has 0 atom stereocenters. The third-order valence-corrected chi connectivity index (χ3v) is 4.00. The summed E-state index contributed by atoms with van der Waals surface area (Å²) in [7, 11) is 1.59. The highest BCUT2D eigenvalue weighted by Gasteiger charge is 2.25. The van der Waals surface area contributed by atoms with Crippen molar-refractivity contribution in [3.8, 4) is 11.5 Å². The van der Waals surface area contributed by atoms with Crippen molar-refractivity contribution in [2.24, 2.45) is 5.10 Å². The van der Waals surface area contributed by atoms with Gasteiger partial charge in [-0.2, -0.15) is 5.10 Å². The second-order valence-corrected chi connectivity index (χ2v) is 6.24. The average Bonchev–Trinajstić information content (AvgIpc) is 3.11. The lowest BCUT2D eigenvalue weighted by molar-refractivity contribution is 0.0773. The van der Waals surface area contributed by atoms with Crippen LogP contribution in [0.1, 0.15) is 36.2 Å². The maximum Gasteiger partial charge on any atom is 0.276 e. The van der Waals surface area contributed by atoms with Crippen LogP contribution in [0.3, 0.4) is 0 Å². The summed E-state index contributed by atoms with van der Waals surface area (Å²) < 4.78 is 25.0. The lowest BCUT2D eigenvalue weighted by Crippen LogP contribution is -2.24. The lowest BCUT2D eigenvalue weighted by atomic mass is 10.1. The van der Waals surface area contributed by atoms with Gasteiger partial charge in [0.2, 0.25) is 0 Å². The highest BCUT2D eigenvalue weighted by molar-refractivity contribution is 6.04. The van der Waals surface area contributed by atoms with Crippen LogP contribution in [0.15, 0.2) is 47.6 Å². The molecule has 26 heavy (non-hydrogen) atoms. The number of carbonyl (C=O) groups is 1. The van der Waals surface area contributed by atoms with Crippen LogP contribution in [0.2, 0.25) is 0 Å². The zero-order valence-corrected chi connectivity index (χ0v) is 15.0. The summed E-state index contributed by atoms with van der Waals surface area (Å²) >= 11 is 0. The largest absolute Gasteiger partial charge is 0.493 e. The first-order valence-electron chi connectivity index (χ1n) is 8.48. The second-order valence-electron chi connectivity index (χ2n) is 6.24. The van der Waals surface area contributed by atoms with Crippen LogP contribution in [0, 0.1) is 5.82 Å². The summed E-state index contributed by atoms with van der Waals surface area (Å²) in [4.78, 5) is 12.5. The van der Waals surface area contributed by atoms with Crippen molar-refractivity contribution >= 4 is 11.6 Å². The fourth-order valence-electron chi connectivity index (χ4n) is 2.78. The minimum Gasteiger partial charge on any atom is -0.493 e. The second kappa shape index (κ2) is 7.56. The fraction of sp³-hybridized carbons (Fsp3) is 0.300. The molecular weight excluding hydrogens is 335 g/mol. The van der Waals surface area contributed by atoms with Gasteiger partial charge in [-0.25, -0.2) is 9.40 Å². The quantitative estimate of drug-likeness (QED) is 0.817. The Morgan fingerprint density at radius 1 is 1.19 bits per heavy atom. The first kappa shape index (κ1) is 17.9. The number of hydrazone groups is 1. The molecule has 3 rings (SSSR count). The number of methoxy groups -OCH3 is 1. The summed E-state index contributed by atoms with van der Waals surface area (Å²) in [5.74, 6) is 0.283. The SMILES string of the molecule is COc1ccc(C2=NN(C(=O)c3ccccc3F)CC2)cc1OC(C)C. The minimum atomic E-state index is -0.543. The van der Waals surface area contributed by atoms with E-state index < -0.39 is 11.7 Å². The normalized spacial score (nSPS) is 13.7. The fourth-order valence-corrected chi connectivity index (χ4v) is 2.78. The maximum atomic E-state index is 13.8. The van der Waals surface area contributed by atoms with E-state index in [-0.39, 0.29) is 11.7 Å². The van der Waals surface area contributed by atoms with Crippen LogP contribution in [0.4, 0.5) is 4.39 Å². The standard InChI is InChI=1S/C20H21FN2O3/c1-13(2)26-19-12-14(8-9-18(19)25-3)17-10-11-23(22-17)20(24)15-6-4-5-7-16(15)21/h4-9,12-13H,10-11H2,1-3H3. The van der Waals surface area contributed by atoms with Gasteiger partial charge in [0.25, 0.3) is 5.91 Å². The molecule has 0 aliphatic carbocycles. The van der Waals surface area contributed by atoms with Crippen LogP contribution >= 0.6 is 0 Å². The highest BCUT2D eigenvalue weighted by atomic mass is 19.1. The van der Waals surface area contributed by atoms with Crippen molar-refractivity contribution in [2.45, 2.75) is 26.4 Å². The number of ether oxygens (including phenoxy) is 2. The zero-order valence-electron chi connectivity index (χ0n) is 15.0. The van der Waals surface area contributed by atoms with Crippen molar-refractivity contribution in [3.63, 3.8) is 0 Å². The number of hydrogen-bond donors (Lipinski definition) is 0. The molecule has 0 saturated carbocycles. The Kier molecular flexibility index (Phi) is 5.21. The molecule has 0 spiro atoms. The number of rotatable bonds is 5. The molecule has 0 radical (unpaired) electrons. The molecule has 1 amide bonds. The summed E-state index contributed by atoms with van der Waals surface area (Å²) in [6.45, 7) is 4.29. The molecular formula is C20H21FN2O3. The first-order chi connectivity index (χ1) is 12.5. The van der Waals surface area contributed by atoms with E-state index >= 15 is 0 Å². The Labute approximate surface area is 152 Å². The molecule has 0 N–H and O–H groups in total. The van der Waals surface area contributed by atoms with Crippen molar-refractivity contribution in [1.82, 2.24) is 5.01 Å². The number of carbonyl (C=O) groups excluding carboxylic acids is 1. The monoisotopic (exact) mass is 356 g/mol. The smallest absolute Gasteiger partial charge is 0.276 e. The van der Waals surface area contributed by atoms with Crippen molar-refractivity contribution in [3.05, 3.63) is 59.4 Å². The Bertz CT molecular complexity index is 849.